The van der Waals surface area contributed by atoms with Crippen LogP contribution >= 0.6 is 35.3 Å². The Balaban J connectivity index is 0.00000441. The molecule has 1 aromatic heterocycles. The van der Waals surface area contributed by atoms with Gasteiger partial charge >= 0.3 is 6.18 Å². The van der Waals surface area contributed by atoms with Crippen LogP contribution in [0, 0.1) is 6.92 Å². The molecule has 0 bridgehead atoms. The number of rotatable bonds is 7. The highest BCUT2D eigenvalue weighted by atomic mass is 127. The molecular formula is C13H21F3IN3OS. The van der Waals surface area contributed by atoms with Crippen molar-refractivity contribution in [1.82, 2.24) is 10.6 Å². The zero-order chi connectivity index (χ0) is 15.7. The van der Waals surface area contributed by atoms with Crippen LogP contribution in [0.4, 0.5) is 13.2 Å². The van der Waals surface area contributed by atoms with Gasteiger partial charge in [-0.05, 0) is 25.5 Å². The predicted molar refractivity (Wildman–Crippen MR) is 94.2 cm³/mol. The molecule has 0 unspecified atom stereocenters. The van der Waals surface area contributed by atoms with E-state index in [0.29, 0.717) is 25.5 Å². The van der Waals surface area contributed by atoms with Gasteiger partial charge in [-0.1, -0.05) is 0 Å². The van der Waals surface area contributed by atoms with E-state index in [-0.39, 0.29) is 30.6 Å². The van der Waals surface area contributed by atoms with E-state index in [4.69, 9.17) is 0 Å². The lowest BCUT2D eigenvalue weighted by Crippen LogP contribution is -2.37. The zero-order valence-electron chi connectivity index (χ0n) is 12.5. The van der Waals surface area contributed by atoms with E-state index in [2.05, 4.69) is 26.4 Å². The van der Waals surface area contributed by atoms with Crippen molar-refractivity contribution in [3.63, 3.8) is 0 Å². The second-order valence-corrected chi connectivity index (χ2v) is 5.76. The van der Waals surface area contributed by atoms with E-state index in [9.17, 15) is 13.2 Å². The summed E-state index contributed by atoms with van der Waals surface area (Å²) in [6, 6.07) is 4.10. The third-order valence-corrected chi connectivity index (χ3v) is 3.47. The lowest BCUT2D eigenvalue weighted by Gasteiger charge is -2.11. The Bertz CT molecular complexity index is 452. The van der Waals surface area contributed by atoms with Crippen molar-refractivity contribution in [1.29, 1.82) is 0 Å². The summed E-state index contributed by atoms with van der Waals surface area (Å²) in [6.07, 6.45) is -3.78. The zero-order valence-corrected chi connectivity index (χ0v) is 15.6. The number of hydrogen-bond acceptors (Lipinski definition) is 3. The molecule has 0 fully saturated rings. The highest BCUT2D eigenvalue weighted by molar-refractivity contribution is 14.0. The Kier molecular flexibility index (Phi) is 10.8. The van der Waals surface area contributed by atoms with Crippen LogP contribution in [-0.2, 0) is 11.3 Å². The molecule has 0 saturated heterocycles. The van der Waals surface area contributed by atoms with Crippen molar-refractivity contribution in [2.24, 2.45) is 4.99 Å². The topological polar surface area (TPSA) is 45.7 Å². The number of halogens is 4. The van der Waals surface area contributed by atoms with Gasteiger partial charge in [0.05, 0.1) is 6.54 Å². The van der Waals surface area contributed by atoms with Crippen LogP contribution in [0.2, 0.25) is 0 Å². The molecule has 0 aliphatic carbocycles. The lowest BCUT2D eigenvalue weighted by atomic mass is 10.4. The number of nitrogens with one attached hydrogen (secondary N) is 2. The summed E-state index contributed by atoms with van der Waals surface area (Å²) >= 11 is 1.71. The van der Waals surface area contributed by atoms with Crippen molar-refractivity contribution in [3.05, 3.63) is 21.9 Å². The lowest BCUT2D eigenvalue weighted by molar-refractivity contribution is -0.173. The molecule has 0 spiro atoms. The first-order valence-corrected chi connectivity index (χ1v) is 7.36. The average molecular weight is 451 g/mol. The molecular weight excluding hydrogens is 430 g/mol. The fourth-order valence-corrected chi connectivity index (χ4v) is 2.37. The SMILES string of the molecule is CN=C(NCCCOCC(F)(F)F)NCc1ccc(C)s1.I. The van der Waals surface area contributed by atoms with Gasteiger partial charge < -0.3 is 15.4 Å². The normalized spacial score (nSPS) is 12.0. The van der Waals surface area contributed by atoms with Crippen LogP contribution in [0.15, 0.2) is 17.1 Å². The van der Waals surface area contributed by atoms with Crippen molar-refractivity contribution in [2.45, 2.75) is 26.1 Å². The van der Waals surface area contributed by atoms with Crippen molar-refractivity contribution in [3.8, 4) is 0 Å². The maximum Gasteiger partial charge on any atom is 0.411 e. The molecule has 4 nitrogen and oxygen atoms in total. The second kappa shape index (κ2) is 11.1. The van der Waals surface area contributed by atoms with Crippen molar-refractivity contribution in [2.75, 3.05) is 26.8 Å². The minimum absolute atomic E-state index is 0. The molecule has 0 amide bonds. The van der Waals surface area contributed by atoms with E-state index in [0.717, 1.165) is 0 Å². The standard InChI is InChI=1S/C13H20F3N3OS.HI/c1-10-4-5-11(21-10)8-19-12(17-2)18-6-3-7-20-9-13(14,15)16;/h4-5H,3,6-9H2,1-2H3,(H2,17,18,19);1H. The second-order valence-electron chi connectivity index (χ2n) is 4.39. The highest BCUT2D eigenvalue weighted by Crippen LogP contribution is 2.14. The van der Waals surface area contributed by atoms with Crippen LogP contribution in [-0.4, -0.2) is 38.9 Å². The third-order valence-electron chi connectivity index (χ3n) is 2.47. The summed E-state index contributed by atoms with van der Waals surface area (Å²) in [5.41, 5.74) is 0. The third kappa shape index (κ3) is 10.2. The molecule has 22 heavy (non-hydrogen) atoms. The van der Waals surface area contributed by atoms with E-state index in [1.165, 1.54) is 9.75 Å². The molecule has 0 aliphatic rings. The summed E-state index contributed by atoms with van der Waals surface area (Å²) in [4.78, 5) is 6.49. The van der Waals surface area contributed by atoms with E-state index in [1.54, 1.807) is 18.4 Å². The molecule has 1 aromatic rings. The van der Waals surface area contributed by atoms with Crippen LogP contribution in [0.3, 0.4) is 0 Å². The highest BCUT2D eigenvalue weighted by Gasteiger charge is 2.27. The van der Waals surface area contributed by atoms with E-state index >= 15 is 0 Å². The summed E-state index contributed by atoms with van der Waals surface area (Å²) in [7, 11) is 1.65. The number of nitrogens with zero attached hydrogens (tertiary/aromatic N) is 1. The first-order valence-electron chi connectivity index (χ1n) is 6.55. The molecule has 0 radical (unpaired) electrons. The Morgan fingerprint density at radius 2 is 2.05 bits per heavy atom. The predicted octanol–water partition coefficient (Wildman–Crippen LogP) is 3.31. The summed E-state index contributed by atoms with van der Waals surface area (Å²) in [5, 5.41) is 6.17. The Morgan fingerprint density at radius 1 is 1.32 bits per heavy atom. The quantitative estimate of drug-likeness (QED) is 0.290. The Hall–Kier alpha value is -0.550. The van der Waals surface area contributed by atoms with E-state index < -0.39 is 12.8 Å². The first-order chi connectivity index (χ1) is 9.90. The number of aryl methyl sites for hydroxylation is 1. The van der Waals surface area contributed by atoms with Gasteiger partial charge in [-0.15, -0.1) is 35.3 Å². The van der Waals surface area contributed by atoms with E-state index in [1.807, 2.05) is 13.0 Å². The first kappa shape index (κ1) is 21.4. The number of thiophene rings is 1. The molecule has 0 atom stereocenters. The smallest absolute Gasteiger partial charge is 0.372 e. The molecule has 128 valence electrons. The molecule has 1 heterocycles. The number of hydrogen-bond donors (Lipinski definition) is 2. The van der Waals surface area contributed by atoms with Gasteiger partial charge in [0.15, 0.2) is 5.96 Å². The van der Waals surface area contributed by atoms with Crippen LogP contribution in [0.5, 0.6) is 0 Å². The fourth-order valence-electron chi connectivity index (χ4n) is 1.54. The summed E-state index contributed by atoms with van der Waals surface area (Å²) in [5.74, 6) is 0.622. The molecule has 9 heteroatoms. The van der Waals surface area contributed by atoms with Crippen LogP contribution in [0.1, 0.15) is 16.2 Å². The Labute approximate surface area is 149 Å². The largest absolute Gasteiger partial charge is 0.411 e. The molecule has 0 aliphatic heterocycles. The number of aliphatic imine (C=N–C) groups is 1. The minimum Gasteiger partial charge on any atom is -0.372 e. The van der Waals surface area contributed by atoms with Gasteiger partial charge in [0, 0.05) is 30.0 Å². The van der Waals surface area contributed by atoms with Gasteiger partial charge in [0.1, 0.15) is 6.61 Å². The maximum absolute atomic E-state index is 11.8. The van der Waals surface area contributed by atoms with Crippen LogP contribution < -0.4 is 10.6 Å². The number of ether oxygens (including phenoxy) is 1. The number of alkyl halides is 3. The number of guanidine groups is 1. The van der Waals surface area contributed by atoms with Gasteiger partial charge in [-0.3, -0.25) is 4.99 Å². The molecule has 0 aromatic carbocycles. The van der Waals surface area contributed by atoms with Crippen LogP contribution in [0.25, 0.3) is 0 Å². The fraction of sp³-hybridized carbons (Fsp3) is 0.615. The Morgan fingerprint density at radius 3 is 2.59 bits per heavy atom. The summed E-state index contributed by atoms with van der Waals surface area (Å²) < 4.78 is 40.0. The van der Waals surface area contributed by atoms with Gasteiger partial charge in [-0.25, -0.2) is 0 Å². The molecule has 0 saturated carbocycles. The van der Waals surface area contributed by atoms with Gasteiger partial charge in [-0.2, -0.15) is 13.2 Å². The molecule has 2 N–H and O–H groups in total. The van der Waals surface area contributed by atoms with Gasteiger partial charge in [0.2, 0.25) is 0 Å². The van der Waals surface area contributed by atoms with Gasteiger partial charge in [0.25, 0.3) is 0 Å². The van der Waals surface area contributed by atoms with Crippen molar-refractivity contribution < 1.29 is 17.9 Å². The molecule has 1 rings (SSSR count). The maximum atomic E-state index is 11.8. The monoisotopic (exact) mass is 451 g/mol. The minimum atomic E-state index is -4.26. The summed E-state index contributed by atoms with van der Waals surface area (Å²) in [6.45, 7) is 2.08. The van der Waals surface area contributed by atoms with Crippen molar-refractivity contribution >= 4 is 41.3 Å². The average Bonchev–Trinajstić information content (AvgIpc) is 2.81.